The van der Waals surface area contributed by atoms with Crippen LogP contribution in [0.5, 0.6) is 0 Å². The largest absolute Gasteiger partial charge is 0.465 e. The number of rotatable bonds is 6. The molecule has 2 rings (SSSR count). The molecule has 0 radical (unpaired) electrons. The van der Waals surface area contributed by atoms with Gasteiger partial charge in [0.25, 0.3) is 0 Å². The maximum atomic E-state index is 11.4. The quantitative estimate of drug-likeness (QED) is 0.764. The van der Waals surface area contributed by atoms with E-state index in [1.807, 2.05) is 24.3 Å². The molecule has 0 aliphatic heterocycles. The number of hydrogen-bond acceptors (Lipinski definition) is 4. The third-order valence-corrected chi connectivity index (χ3v) is 4.53. The second-order valence-corrected chi connectivity index (χ2v) is 6.27. The number of benzene rings is 1. The number of nitrogens with zero attached hydrogens (tertiary/aromatic N) is 1. The van der Waals surface area contributed by atoms with Crippen molar-refractivity contribution >= 4 is 17.3 Å². The number of carbonyl (C=O) groups excluding carboxylic acids is 1. The predicted molar refractivity (Wildman–Crippen MR) is 86.7 cm³/mol. The Morgan fingerprint density at radius 2 is 2.00 bits per heavy atom. The molecule has 21 heavy (non-hydrogen) atoms. The predicted octanol–water partition coefficient (Wildman–Crippen LogP) is 3.60. The van der Waals surface area contributed by atoms with Crippen LogP contribution >= 0.6 is 11.3 Å². The number of esters is 1. The Kier molecular flexibility index (Phi) is 5.53. The van der Waals surface area contributed by atoms with Crippen molar-refractivity contribution in [2.45, 2.75) is 25.9 Å². The van der Waals surface area contributed by atoms with Crippen LogP contribution < -0.4 is 0 Å². The first-order valence-electron chi connectivity index (χ1n) is 7.00. The highest BCUT2D eigenvalue weighted by atomic mass is 32.1. The number of thiophene rings is 1. The fourth-order valence-electron chi connectivity index (χ4n) is 2.18. The van der Waals surface area contributed by atoms with Crippen molar-refractivity contribution < 1.29 is 9.53 Å². The monoisotopic (exact) mass is 303 g/mol. The lowest BCUT2D eigenvalue weighted by Gasteiger charge is -2.24. The smallest absolute Gasteiger partial charge is 0.337 e. The zero-order chi connectivity index (χ0) is 15.2. The van der Waals surface area contributed by atoms with Gasteiger partial charge in [-0.25, -0.2) is 4.79 Å². The number of carbonyl (C=O) groups is 1. The van der Waals surface area contributed by atoms with E-state index in [1.165, 1.54) is 17.6 Å². The van der Waals surface area contributed by atoms with Gasteiger partial charge in [-0.3, -0.25) is 4.90 Å². The summed E-state index contributed by atoms with van der Waals surface area (Å²) >= 11 is 1.80. The van der Waals surface area contributed by atoms with E-state index in [4.69, 9.17) is 4.74 Å². The summed E-state index contributed by atoms with van der Waals surface area (Å²) in [5, 5.41) is 2.12. The molecule has 112 valence electrons. The van der Waals surface area contributed by atoms with E-state index in [0.717, 1.165) is 13.0 Å². The van der Waals surface area contributed by atoms with Crippen LogP contribution in [-0.2, 0) is 17.7 Å². The molecule has 1 atom stereocenters. The van der Waals surface area contributed by atoms with E-state index in [1.54, 1.807) is 11.3 Å². The molecule has 1 unspecified atom stereocenters. The average molecular weight is 303 g/mol. The molecule has 0 bridgehead atoms. The summed E-state index contributed by atoms with van der Waals surface area (Å²) in [7, 11) is 3.53. The summed E-state index contributed by atoms with van der Waals surface area (Å²) in [5.41, 5.74) is 1.79. The molecule has 0 aliphatic rings. The van der Waals surface area contributed by atoms with E-state index >= 15 is 0 Å². The molecule has 0 fully saturated rings. The maximum Gasteiger partial charge on any atom is 0.337 e. The Hall–Kier alpha value is -1.65. The molecular formula is C17H21NO2S. The Balaban J connectivity index is 1.92. The molecule has 1 aromatic heterocycles. The summed E-state index contributed by atoms with van der Waals surface area (Å²) in [5.74, 6) is -0.291. The van der Waals surface area contributed by atoms with Gasteiger partial charge in [0.05, 0.1) is 12.7 Å². The third-order valence-electron chi connectivity index (χ3n) is 3.64. The van der Waals surface area contributed by atoms with Gasteiger partial charge in [0.15, 0.2) is 0 Å². The highest BCUT2D eigenvalue weighted by Gasteiger charge is 2.12. The highest BCUT2D eigenvalue weighted by Crippen LogP contribution is 2.15. The van der Waals surface area contributed by atoms with Crippen LogP contribution in [0.15, 0.2) is 41.8 Å². The SMILES string of the molecule is COC(=O)c1ccc(CN(C)C(C)Cc2cccs2)cc1. The van der Waals surface area contributed by atoms with Gasteiger partial charge in [-0.15, -0.1) is 11.3 Å². The van der Waals surface area contributed by atoms with Crippen LogP contribution in [0.1, 0.15) is 27.7 Å². The van der Waals surface area contributed by atoms with Crippen LogP contribution in [-0.4, -0.2) is 31.1 Å². The number of likely N-dealkylation sites (N-methyl/N-ethyl adjacent to an activating group) is 1. The molecule has 1 aromatic carbocycles. The van der Waals surface area contributed by atoms with Crippen molar-refractivity contribution in [2.24, 2.45) is 0 Å². The van der Waals surface area contributed by atoms with E-state index in [-0.39, 0.29) is 5.97 Å². The van der Waals surface area contributed by atoms with Gasteiger partial charge in [0, 0.05) is 17.5 Å². The van der Waals surface area contributed by atoms with Gasteiger partial charge >= 0.3 is 5.97 Å². The molecule has 0 saturated heterocycles. The first kappa shape index (κ1) is 15.7. The summed E-state index contributed by atoms with van der Waals surface area (Å²) in [6, 6.07) is 12.4. The first-order chi connectivity index (χ1) is 10.1. The molecule has 0 aliphatic carbocycles. The fraction of sp³-hybridized carbons (Fsp3) is 0.353. The number of ether oxygens (including phenoxy) is 1. The van der Waals surface area contributed by atoms with Crippen LogP contribution in [0.25, 0.3) is 0 Å². The van der Waals surface area contributed by atoms with Crippen LogP contribution in [0, 0.1) is 0 Å². The third kappa shape index (κ3) is 4.41. The molecule has 3 nitrogen and oxygen atoms in total. The van der Waals surface area contributed by atoms with Gasteiger partial charge in [0.1, 0.15) is 0 Å². The van der Waals surface area contributed by atoms with Crippen molar-refractivity contribution in [3.8, 4) is 0 Å². The zero-order valence-corrected chi connectivity index (χ0v) is 13.5. The minimum absolute atomic E-state index is 0.291. The van der Waals surface area contributed by atoms with Crippen molar-refractivity contribution in [2.75, 3.05) is 14.2 Å². The van der Waals surface area contributed by atoms with Gasteiger partial charge in [-0.1, -0.05) is 18.2 Å². The molecular weight excluding hydrogens is 282 g/mol. The van der Waals surface area contributed by atoms with E-state index in [9.17, 15) is 4.79 Å². The lowest BCUT2D eigenvalue weighted by atomic mass is 10.1. The number of methoxy groups -OCH3 is 1. The molecule has 0 N–H and O–H groups in total. The lowest BCUT2D eigenvalue weighted by molar-refractivity contribution is 0.0600. The fourth-order valence-corrected chi connectivity index (χ4v) is 3.01. The van der Waals surface area contributed by atoms with Crippen molar-refractivity contribution in [3.63, 3.8) is 0 Å². The van der Waals surface area contributed by atoms with E-state index in [0.29, 0.717) is 11.6 Å². The van der Waals surface area contributed by atoms with Crippen LogP contribution in [0.4, 0.5) is 0 Å². The zero-order valence-electron chi connectivity index (χ0n) is 12.7. The Morgan fingerprint density at radius 3 is 2.57 bits per heavy atom. The molecule has 1 heterocycles. The molecule has 0 saturated carbocycles. The van der Waals surface area contributed by atoms with Crippen LogP contribution in [0.2, 0.25) is 0 Å². The molecule has 0 amide bonds. The van der Waals surface area contributed by atoms with Gasteiger partial charge < -0.3 is 4.74 Å². The first-order valence-corrected chi connectivity index (χ1v) is 7.88. The Bertz CT molecular complexity index is 563. The summed E-state index contributed by atoms with van der Waals surface area (Å²) < 4.78 is 4.71. The summed E-state index contributed by atoms with van der Waals surface area (Å²) in [4.78, 5) is 15.1. The normalized spacial score (nSPS) is 12.4. The minimum atomic E-state index is -0.291. The Morgan fingerprint density at radius 1 is 1.29 bits per heavy atom. The average Bonchev–Trinajstić information content (AvgIpc) is 3.00. The maximum absolute atomic E-state index is 11.4. The Labute approximate surface area is 130 Å². The van der Waals surface area contributed by atoms with E-state index in [2.05, 4.69) is 36.4 Å². The molecule has 4 heteroatoms. The highest BCUT2D eigenvalue weighted by molar-refractivity contribution is 7.09. The number of hydrogen-bond donors (Lipinski definition) is 0. The lowest BCUT2D eigenvalue weighted by Crippen LogP contribution is -2.30. The van der Waals surface area contributed by atoms with Crippen molar-refractivity contribution in [1.29, 1.82) is 0 Å². The second kappa shape index (κ2) is 7.38. The minimum Gasteiger partial charge on any atom is -0.465 e. The van der Waals surface area contributed by atoms with Crippen molar-refractivity contribution in [3.05, 3.63) is 57.8 Å². The van der Waals surface area contributed by atoms with Gasteiger partial charge in [-0.05, 0) is 49.5 Å². The van der Waals surface area contributed by atoms with Gasteiger partial charge in [0.2, 0.25) is 0 Å². The molecule has 2 aromatic rings. The van der Waals surface area contributed by atoms with Crippen LogP contribution in [0.3, 0.4) is 0 Å². The van der Waals surface area contributed by atoms with Gasteiger partial charge in [-0.2, -0.15) is 0 Å². The summed E-state index contributed by atoms with van der Waals surface area (Å²) in [6.07, 6.45) is 1.06. The van der Waals surface area contributed by atoms with E-state index < -0.39 is 0 Å². The molecule has 0 spiro atoms. The standard InChI is InChI=1S/C17H21NO2S/c1-13(11-16-5-4-10-21-16)18(2)12-14-6-8-15(9-7-14)17(19)20-3/h4-10,13H,11-12H2,1-3H3. The van der Waals surface area contributed by atoms with Crippen molar-refractivity contribution in [1.82, 2.24) is 4.90 Å². The second-order valence-electron chi connectivity index (χ2n) is 5.24. The summed E-state index contributed by atoms with van der Waals surface area (Å²) in [6.45, 7) is 3.11. The topological polar surface area (TPSA) is 29.5 Å².